The first kappa shape index (κ1) is 18.0. The summed E-state index contributed by atoms with van der Waals surface area (Å²) < 4.78 is 4.66. The third kappa shape index (κ3) is 5.08. The van der Waals surface area contributed by atoms with Gasteiger partial charge in [-0.15, -0.1) is 0 Å². The van der Waals surface area contributed by atoms with E-state index in [2.05, 4.69) is 10.1 Å². The lowest BCUT2D eigenvalue weighted by Crippen LogP contribution is -2.29. The molecule has 2 aromatic carbocycles. The summed E-state index contributed by atoms with van der Waals surface area (Å²) in [6.45, 7) is 0.807. The monoisotopic (exact) mass is 346 g/mol. The van der Waals surface area contributed by atoms with E-state index in [1.54, 1.807) is 24.3 Å². The van der Waals surface area contributed by atoms with Gasteiger partial charge >= 0.3 is 5.97 Å². The second kappa shape index (κ2) is 8.47. The van der Waals surface area contributed by atoms with E-state index in [9.17, 15) is 9.59 Å². The summed E-state index contributed by atoms with van der Waals surface area (Å²) in [5.41, 5.74) is 2.09. The van der Waals surface area contributed by atoms with Gasteiger partial charge in [-0.3, -0.25) is 9.69 Å². The number of likely N-dealkylation sites (N-methyl/N-ethyl adjacent to an activating group) is 1. The molecule has 2 rings (SSSR count). The topological polar surface area (TPSA) is 58.6 Å². The van der Waals surface area contributed by atoms with Crippen molar-refractivity contribution in [2.45, 2.75) is 6.54 Å². The quantitative estimate of drug-likeness (QED) is 0.816. The van der Waals surface area contributed by atoms with Crippen molar-refractivity contribution in [2.24, 2.45) is 0 Å². The molecule has 0 heterocycles. The summed E-state index contributed by atoms with van der Waals surface area (Å²) in [5, 5.41) is 3.29. The number of nitrogens with one attached hydrogen (secondary N) is 1. The fraction of sp³-hybridized carbons (Fsp3) is 0.222. The van der Waals surface area contributed by atoms with Crippen LogP contribution in [0.4, 0.5) is 5.69 Å². The van der Waals surface area contributed by atoms with E-state index in [0.29, 0.717) is 22.8 Å². The summed E-state index contributed by atoms with van der Waals surface area (Å²) in [4.78, 5) is 25.3. The maximum atomic E-state index is 12.1. The second-order valence-electron chi connectivity index (χ2n) is 5.39. The molecule has 0 aliphatic rings. The molecule has 5 nitrogen and oxygen atoms in total. The second-order valence-corrected chi connectivity index (χ2v) is 5.80. The van der Waals surface area contributed by atoms with Crippen LogP contribution in [0.3, 0.4) is 0 Å². The largest absolute Gasteiger partial charge is 0.465 e. The van der Waals surface area contributed by atoms with Gasteiger partial charge in [0.25, 0.3) is 0 Å². The van der Waals surface area contributed by atoms with Gasteiger partial charge < -0.3 is 10.1 Å². The third-order valence-electron chi connectivity index (χ3n) is 3.39. The van der Waals surface area contributed by atoms with E-state index in [-0.39, 0.29) is 18.4 Å². The molecule has 0 aromatic heterocycles. The van der Waals surface area contributed by atoms with Crippen molar-refractivity contribution in [3.8, 4) is 0 Å². The number of ether oxygens (including phenoxy) is 1. The number of halogens is 1. The van der Waals surface area contributed by atoms with Gasteiger partial charge in [0.15, 0.2) is 0 Å². The summed E-state index contributed by atoms with van der Waals surface area (Å²) >= 11 is 6.02. The number of hydrogen-bond acceptors (Lipinski definition) is 4. The highest BCUT2D eigenvalue weighted by atomic mass is 35.5. The minimum Gasteiger partial charge on any atom is -0.465 e. The van der Waals surface area contributed by atoms with Crippen LogP contribution in [-0.4, -0.2) is 37.5 Å². The molecule has 24 heavy (non-hydrogen) atoms. The lowest BCUT2D eigenvalue weighted by molar-refractivity contribution is -0.117. The molecule has 6 heteroatoms. The average Bonchev–Trinajstić information content (AvgIpc) is 2.56. The molecular weight excluding hydrogens is 328 g/mol. The minimum atomic E-state index is -0.367. The number of carbonyl (C=O) groups is 2. The maximum absolute atomic E-state index is 12.1. The Morgan fingerprint density at radius 3 is 2.42 bits per heavy atom. The molecule has 0 saturated carbocycles. The van der Waals surface area contributed by atoms with Gasteiger partial charge in [0, 0.05) is 6.54 Å². The van der Waals surface area contributed by atoms with E-state index in [1.165, 1.54) is 7.11 Å². The highest BCUT2D eigenvalue weighted by Gasteiger charge is 2.10. The fourth-order valence-corrected chi connectivity index (χ4v) is 2.41. The molecule has 0 unspecified atom stereocenters. The van der Waals surface area contributed by atoms with Gasteiger partial charge in [0.05, 0.1) is 29.9 Å². The van der Waals surface area contributed by atoms with Crippen LogP contribution in [0.5, 0.6) is 0 Å². The van der Waals surface area contributed by atoms with Gasteiger partial charge in [-0.05, 0) is 36.9 Å². The number of anilines is 1. The Labute approximate surface area is 146 Å². The molecule has 2 aromatic rings. The zero-order valence-electron chi connectivity index (χ0n) is 13.6. The van der Waals surface area contributed by atoms with Crippen molar-refractivity contribution in [1.29, 1.82) is 0 Å². The van der Waals surface area contributed by atoms with Crippen LogP contribution < -0.4 is 5.32 Å². The number of carbonyl (C=O) groups excluding carboxylic acids is 2. The Kier molecular flexibility index (Phi) is 6.35. The molecule has 1 N–H and O–H groups in total. The van der Waals surface area contributed by atoms with Crippen molar-refractivity contribution >= 4 is 29.2 Å². The smallest absolute Gasteiger partial charge is 0.337 e. The van der Waals surface area contributed by atoms with Gasteiger partial charge in [0.1, 0.15) is 0 Å². The molecule has 0 aliphatic carbocycles. The number of para-hydroxylation sites is 1. The molecule has 0 aliphatic heterocycles. The zero-order valence-corrected chi connectivity index (χ0v) is 14.3. The number of rotatable bonds is 6. The van der Waals surface area contributed by atoms with E-state index in [4.69, 9.17) is 11.6 Å². The molecule has 1 amide bonds. The molecule has 0 atom stereocenters. The van der Waals surface area contributed by atoms with Gasteiger partial charge in [-0.2, -0.15) is 0 Å². The molecule has 0 bridgehead atoms. The Hall–Kier alpha value is -2.37. The molecule has 0 spiro atoms. The van der Waals surface area contributed by atoms with Gasteiger partial charge in [-0.25, -0.2) is 4.79 Å². The van der Waals surface area contributed by atoms with Crippen molar-refractivity contribution in [1.82, 2.24) is 4.90 Å². The molecule has 126 valence electrons. The third-order valence-corrected chi connectivity index (χ3v) is 3.72. The Bertz CT molecular complexity index is 716. The predicted molar refractivity (Wildman–Crippen MR) is 94.2 cm³/mol. The number of benzene rings is 2. The summed E-state index contributed by atoms with van der Waals surface area (Å²) in [6, 6.07) is 14.2. The van der Waals surface area contributed by atoms with Crippen LogP contribution in [0.25, 0.3) is 0 Å². The van der Waals surface area contributed by atoms with Crippen LogP contribution in [0, 0.1) is 0 Å². The summed E-state index contributed by atoms with van der Waals surface area (Å²) in [5.74, 6) is -0.509. The van der Waals surface area contributed by atoms with Crippen molar-refractivity contribution in [3.63, 3.8) is 0 Å². The number of nitrogens with zero attached hydrogens (tertiary/aromatic N) is 1. The van der Waals surface area contributed by atoms with Gasteiger partial charge in [-0.1, -0.05) is 35.9 Å². The van der Waals surface area contributed by atoms with Crippen molar-refractivity contribution in [3.05, 3.63) is 64.7 Å². The van der Waals surface area contributed by atoms with Crippen LogP contribution >= 0.6 is 11.6 Å². The highest BCUT2D eigenvalue weighted by molar-refractivity contribution is 6.33. The summed E-state index contributed by atoms with van der Waals surface area (Å²) in [6.07, 6.45) is 0. The Morgan fingerprint density at radius 1 is 1.12 bits per heavy atom. The SMILES string of the molecule is COC(=O)c1ccc(CN(C)CC(=O)Nc2ccccc2Cl)cc1. The Morgan fingerprint density at radius 2 is 1.79 bits per heavy atom. The summed E-state index contributed by atoms with van der Waals surface area (Å²) in [7, 11) is 3.20. The van der Waals surface area contributed by atoms with Crippen molar-refractivity contribution < 1.29 is 14.3 Å². The minimum absolute atomic E-state index is 0.142. The van der Waals surface area contributed by atoms with E-state index < -0.39 is 0 Å². The van der Waals surface area contributed by atoms with Crippen LogP contribution in [-0.2, 0) is 16.1 Å². The Balaban J connectivity index is 1.88. The maximum Gasteiger partial charge on any atom is 0.337 e. The van der Waals surface area contributed by atoms with Crippen molar-refractivity contribution in [2.75, 3.05) is 26.0 Å². The molecular formula is C18H19ClN2O3. The number of esters is 1. The van der Waals surface area contributed by atoms with Crippen LogP contribution in [0.15, 0.2) is 48.5 Å². The van der Waals surface area contributed by atoms with E-state index in [1.807, 2.05) is 36.2 Å². The fourth-order valence-electron chi connectivity index (χ4n) is 2.23. The van der Waals surface area contributed by atoms with Crippen LogP contribution in [0.2, 0.25) is 5.02 Å². The lowest BCUT2D eigenvalue weighted by atomic mass is 10.1. The number of hydrogen-bond donors (Lipinski definition) is 1. The first-order valence-electron chi connectivity index (χ1n) is 7.40. The average molecular weight is 347 g/mol. The highest BCUT2D eigenvalue weighted by Crippen LogP contribution is 2.20. The molecule has 0 saturated heterocycles. The van der Waals surface area contributed by atoms with E-state index in [0.717, 1.165) is 5.56 Å². The first-order chi connectivity index (χ1) is 11.5. The predicted octanol–water partition coefficient (Wildman–Crippen LogP) is 3.20. The van der Waals surface area contributed by atoms with Crippen LogP contribution in [0.1, 0.15) is 15.9 Å². The normalized spacial score (nSPS) is 10.5. The number of methoxy groups -OCH3 is 1. The van der Waals surface area contributed by atoms with E-state index >= 15 is 0 Å². The van der Waals surface area contributed by atoms with Gasteiger partial charge in [0.2, 0.25) is 5.91 Å². The first-order valence-corrected chi connectivity index (χ1v) is 7.77. The molecule has 0 radical (unpaired) electrons. The molecule has 0 fully saturated rings. The lowest BCUT2D eigenvalue weighted by Gasteiger charge is -2.17. The zero-order chi connectivity index (χ0) is 17.5. The standard InChI is InChI=1S/C18H19ClN2O3/c1-21(11-13-7-9-14(10-8-13)18(23)24-2)12-17(22)20-16-6-4-3-5-15(16)19/h3-10H,11-12H2,1-2H3,(H,20,22). The number of amides is 1.